The van der Waals surface area contributed by atoms with Crippen molar-refractivity contribution in [3.8, 4) is 0 Å². The maximum Gasteiger partial charge on any atom is 0.0577 e. The Labute approximate surface area is 164 Å². The minimum atomic E-state index is 0.583. The van der Waals surface area contributed by atoms with Gasteiger partial charge < -0.3 is 4.74 Å². The summed E-state index contributed by atoms with van der Waals surface area (Å²) in [5.74, 6) is 5.25. The van der Waals surface area contributed by atoms with Gasteiger partial charge in [0.25, 0.3) is 0 Å². The molecule has 0 saturated heterocycles. The van der Waals surface area contributed by atoms with Crippen LogP contribution in [-0.4, -0.2) is 12.7 Å². The molecular weight excluding hydrogens is 316 g/mol. The summed E-state index contributed by atoms with van der Waals surface area (Å²) in [6.45, 7) is 5.40. The molecule has 0 aromatic heterocycles. The number of hydrogen-bond acceptors (Lipinski definition) is 1. The van der Waals surface area contributed by atoms with Crippen molar-refractivity contribution < 1.29 is 4.74 Å². The maximum atomic E-state index is 5.97. The van der Waals surface area contributed by atoms with Crippen molar-refractivity contribution in [3.05, 3.63) is 0 Å². The fourth-order valence-corrected chi connectivity index (χ4v) is 6.72. The molecule has 0 bridgehead atoms. The molecule has 0 aliphatic heterocycles. The number of rotatable bonds is 8. The Bertz CT molecular complexity index is 360. The monoisotopic (exact) mass is 362 g/mol. The van der Waals surface area contributed by atoms with E-state index in [2.05, 4.69) is 13.8 Å². The van der Waals surface area contributed by atoms with E-state index in [4.69, 9.17) is 4.74 Å². The van der Waals surface area contributed by atoms with Crippen molar-refractivity contribution in [3.63, 3.8) is 0 Å². The van der Waals surface area contributed by atoms with E-state index in [1.54, 1.807) is 38.5 Å². The summed E-state index contributed by atoms with van der Waals surface area (Å²) in [6.07, 6.45) is 24.4. The third-order valence-corrected chi connectivity index (χ3v) is 8.33. The molecule has 3 aliphatic carbocycles. The van der Waals surface area contributed by atoms with Crippen molar-refractivity contribution in [2.45, 2.75) is 123 Å². The van der Waals surface area contributed by atoms with Gasteiger partial charge >= 0.3 is 0 Å². The van der Waals surface area contributed by atoms with Gasteiger partial charge in [-0.25, -0.2) is 0 Å². The molecule has 0 radical (unpaired) electrons. The molecule has 3 rings (SSSR count). The van der Waals surface area contributed by atoms with Crippen molar-refractivity contribution in [2.24, 2.45) is 29.6 Å². The molecule has 1 nitrogen and oxygen atoms in total. The second-order valence-electron chi connectivity index (χ2n) is 9.96. The van der Waals surface area contributed by atoms with Gasteiger partial charge in [-0.3, -0.25) is 0 Å². The van der Waals surface area contributed by atoms with Crippen LogP contribution in [0.4, 0.5) is 0 Å². The lowest BCUT2D eigenvalue weighted by Gasteiger charge is -2.41. The van der Waals surface area contributed by atoms with E-state index in [1.165, 1.54) is 64.2 Å². The normalized spacial score (nSPS) is 39.0. The minimum Gasteiger partial charge on any atom is -0.378 e. The van der Waals surface area contributed by atoms with Gasteiger partial charge in [0, 0.05) is 6.61 Å². The predicted molar refractivity (Wildman–Crippen MR) is 112 cm³/mol. The molecule has 0 heterocycles. The van der Waals surface area contributed by atoms with Gasteiger partial charge in [0.1, 0.15) is 0 Å². The Morgan fingerprint density at radius 1 is 0.654 bits per heavy atom. The first-order chi connectivity index (χ1) is 12.8. The smallest absolute Gasteiger partial charge is 0.0577 e. The van der Waals surface area contributed by atoms with Crippen LogP contribution >= 0.6 is 0 Å². The summed E-state index contributed by atoms with van der Waals surface area (Å²) < 4.78 is 5.97. The molecular formula is C25H46O. The SMILES string of the molecule is CCCCCC1CCC(C2CCC([C@H]3CCC[C@@H](OCC)C3)CC2)CC1. The molecule has 3 saturated carbocycles. The molecule has 0 amide bonds. The molecule has 0 unspecified atom stereocenters. The highest BCUT2D eigenvalue weighted by molar-refractivity contribution is 4.86. The molecule has 3 aliphatic rings. The maximum absolute atomic E-state index is 5.97. The van der Waals surface area contributed by atoms with Crippen molar-refractivity contribution >= 4 is 0 Å². The predicted octanol–water partition coefficient (Wildman–Crippen LogP) is 7.77. The topological polar surface area (TPSA) is 9.23 Å². The first kappa shape index (κ1) is 20.7. The van der Waals surface area contributed by atoms with Crippen molar-refractivity contribution in [2.75, 3.05) is 6.61 Å². The molecule has 0 aromatic rings. The summed E-state index contributed by atoms with van der Waals surface area (Å²) >= 11 is 0. The summed E-state index contributed by atoms with van der Waals surface area (Å²) in [5, 5.41) is 0. The molecule has 2 atom stereocenters. The zero-order valence-electron chi connectivity index (χ0n) is 17.9. The van der Waals surface area contributed by atoms with Crippen LogP contribution in [0.15, 0.2) is 0 Å². The van der Waals surface area contributed by atoms with Crippen LogP contribution in [0.3, 0.4) is 0 Å². The Kier molecular flexibility index (Phi) is 8.82. The van der Waals surface area contributed by atoms with Gasteiger partial charge in [-0.2, -0.15) is 0 Å². The van der Waals surface area contributed by atoms with E-state index >= 15 is 0 Å². The Hall–Kier alpha value is -0.0400. The fourth-order valence-electron chi connectivity index (χ4n) is 6.72. The fraction of sp³-hybridized carbons (Fsp3) is 1.00. The van der Waals surface area contributed by atoms with Gasteiger partial charge in [0.15, 0.2) is 0 Å². The number of hydrogen-bond donors (Lipinski definition) is 0. The van der Waals surface area contributed by atoms with Crippen LogP contribution in [0, 0.1) is 29.6 Å². The van der Waals surface area contributed by atoms with Gasteiger partial charge in [-0.15, -0.1) is 0 Å². The molecule has 3 fully saturated rings. The highest BCUT2D eigenvalue weighted by Gasteiger charge is 2.35. The van der Waals surface area contributed by atoms with E-state index in [9.17, 15) is 0 Å². The third kappa shape index (κ3) is 5.98. The molecule has 0 spiro atoms. The largest absolute Gasteiger partial charge is 0.378 e. The standard InChI is InChI=1S/C25H46O/c1-3-5-6-8-20-11-13-21(14-12-20)22-15-17-23(18-16-22)24-9-7-10-25(19-24)26-4-2/h20-25H,3-19H2,1-2H3/t20?,21?,22?,23?,24-,25+/m0/s1. The second kappa shape index (κ2) is 11.1. The van der Waals surface area contributed by atoms with E-state index in [0.717, 1.165) is 36.2 Å². The van der Waals surface area contributed by atoms with Crippen LogP contribution < -0.4 is 0 Å². The van der Waals surface area contributed by atoms with Crippen LogP contribution in [0.2, 0.25) is 0 Å². The average Bonchev–Trinajstić information content (AvgIpc) is 2.69. The Morgan fingerprint density at radius 3 is 1.88 bits per heavy atom. The van der Waals surface area contributed by atoms with E-state index in [0.29, 0.717) is 6.10 Å². The highest BCUT2D eigenvalue weighted by Crippen LogP contribution is 2.46. The summed E-state index contributed by atoms with van der Waals surface area (Å²) in [6, 6.07) is 0. The molecule has 26 heavy (non-hydrogen) atoms. The van der Waals surface area contributed by atoms with Crippen LogP contribution in [0.5, 0.6) is 0 Å². The van der Waals surface area contributed by atoms with Gasteiger partial charge in [0.2, 0.25) is 0 Å². The van der Waals surface area contributed by atoms with E-state index in [-0.39, 0.29) is 0 Å². The number of ether oxygens (including phenoxy) is 1. The quantitative estimate of drug-likeness (QED) is 0.401. The first-order valence-electron chi connectivity index (χ1n) is 12.4. The van der Waals surface area contributed by atoms with Crippen LogP contribution in [-0.2, 0) is 4.74 Å². The number of unbranched alkanes of at least 4 members (excludes halogenated alkanes) is 2. The third-order valence-electron chi connectivity index (χ3n) is 8.33. The van der Waals surface area contributed by atoms with Gasteiger partial charge in [-0.05, 0) is 94.3 Å². The molecule has 0 aromatic carbocycles. The van der Waals surface area contributed by atoms with Crippen molar-refractivity contribution in [1.82, 2.24) is 0 Å². The zero-order valence-corrected chi connectivity index (χ0v) is 17.9. The summed E-state index contributed by atoms with van der Waals surface area (Å²) in [5.41, 5.74) is 0. The lowest BCUT2D eigenvalue weighted by molar-refractivity contribution is 0.00186. The second-order valence-corrected chi connectivity index (χ2v) is 9.96. The zero-order chi connectivity index (χ0) is 18.2. The van der Waals surface area contributed by atoms with Crippen molar-refractivity contribution in [1.29, 1.82) is 0 Å². The average molecular weight is 363 g/mol. The summed E-state index contributed by atoms with van der Waals surface area (Å²) in [4.78, 5) is 0. The Morgan fingerprint density at radius 2 is 1.27 bits per heavy atom. The molecule has 152 valence electrons. The molecule has 1 heteroatoms. The lowest BCUT2D eigenvalue weighted by atomic mass is 9.65. The minimum absolute atomic E-state index is 0.583. The van der Waals surface area contributed by atoms with E-state index < -0.39 is 0 Å². The van der Waals surface area contributed by atoms with Crippen LogP contribution in [0.25, 0.3) is 0 Å². The van der Waals surface area contributed by atoms with E-state index in [1.807, 2.05) is 0 Å². The lowest BCUT2D eigenvalue weighted by Crippen LogP contribution is -2.32. The van der Waals surface area contributed by atoms with Gasteiger partial charge in [-0.1, -0.05) is 51.9 Å². The first-order valence-corrected chi connectivity index (χ1v) is 12.4. The van der Waals surface area contributed by atoms with Crippen LogP contribution in [0.1, 0.15) is 117 Å². The highest BCUT2D eigenvalue weighted by atomic mass is 16.5. The Balaban J connectivity index is 1.35. The van der Waals surface area contributed by atoms with Gasteiger partial charge in [0.05, 0.1) is 6.10 Å². The molecule has 0 N–H and O–H groups in total. The summed E-state index contributed by atoms with van der Waals surface area (Å²) in [7, 11) is 0.